The standard InChI is InChI=1S/C19H16Cl2N2O2S/c1-11-5-3-8-16(12(11)2)22-10-23-18(24)17(26-19(23)25)9-13-14(20)6-4-7-15(13)21/h3-9,22H,10H2,1-2H3. The summed E-state index contributed by atoms with van der Waals surface area (Å²) in [5.41, 5.74) is 3.64. The number of benzene rings is 2. The lowest BCUT2D eigenvalue weighted by molar-refractivity contribution is -0.122. The van der Waals surface area contributed by atoms with Crippen molar-refractivity contribution < 1.29 is 9.59 Å². The Bertz CT molecular complexity index is 908. The molecule has 3 rings (SSSR count). The van der Waals surface area contributed by atoms with Gasteiger partial charge in [0.1, 0.15) is 0 Å². The Morgan fingerprint density at radius 3 is 2.42 bits per heavy atom. The molecule has 1 N–H and O–H groups in total. The number of carbonyl (C=O) groups is 2. The minimum Gasteiger partial charge on any atom is -0.367 e. The molecule has 2 aromatic carbocycles. The highest BCUT2D eigenvalue weighted by Gasteiger charge is 2.35. The zero-order valence-corrected chi connectivity index (χ0v) is 16.5. The molecule has 1 saturated heterocycles. The van der Waals surface area contributed by atoms with Crippen molar-refractivity contribution in [3.8, 4) is 0 Å². The van der Waals surface area contributed by atoms with Gasteiger partial charge in [-0.2, -0.15) is 0 Å². The summed E-state index contributed by atoms with van der Waals surface area (Å²) in [6, 6.07) is 11.0. The van der Waals surface area contributed by atoms with Crippen LogP contribution in [0.15, 0.2) is 41.3 Å². The molecule has 0 aromatic heterocycles. The van der Waals surface area contributed by atoms with Gasteiger partial charge < -0.3 is 5.32 Å². The maximum Gasteiger partial charge on any atom is 0.295 e. The number of imide groups is 1. The Hall–Kier alpha value is -1.95. The molecule has 0 aliphatic carbocycles. The van der Waals surface area contributed by atoms with Crippen molar-refractivity contribution in [1.82, 2.24) is 4.90 Å². The van der Waals surface area contributed by atoms with Crippen molar-refractivity contribution in [2.24, 2.45) is 0 Å². The largest absolute Gasteiger partial charge is 0.367 e. The number of hydrogen-bond acceptors (Lipinski definition) is 4. The Morgan fingerprint density at radius 1 is 1.08 bits per heavy atom. The molecule has 7 heteroatoms. The van der Waals surface area contributed by atoms with E-state index in [1.165, 1.54) is 4.90 Å². The zero-order chi connectivity index (χ0) is 18.8. The normalized spacial score (nSPS) is 15.8. The predicted octanol–water partition coefficient (Wildman–Crippen LogP) is 5.72. The van der Waals surface area contributed by atoms with Crippen molar-refractivity contribution in [1.29, 1.82) is 0 Å². The van der Waals surface area contributed by atoms with Gasteiger partial charge in [-0.1, -0.05) is 41.4 Å². The SMILES string of the molecule is Cc1cccc(NCN2C(=O)SC(=Cc3c(Cl)cccc3Cl)C2=O)c1C. The molecule has 0 unspecified atom stereocenters. The third kappa shape index (κ3) is 3.75. The van der Waals surface area contributed by atoms with Gasteiger partial charge in [0.2, 0.25) is 0 Å². The number of carbonyl (C=O) groups excluding carboxylic acids is 2. The Balaban J connectivity index is 1.79. The number of anilines is 1. The number of nitrogens with one attached hydrogen (secondary N) is 1. The summed E-state index contributed by atoms with van der Waals surface area (Å²) in [4.78, 5) is 26.3. The minimum atomic E-state index is -0.367. The van der Waals surface area contributed by atoms with Gasteiger partial charge in [0.05, 0.1) is 11.6 Å². The van der Waals surface area contributed by atoms with Gasteiger partial charge in [-0.3, -0.25) is 14.5 Å². The molecule has 0 saturated carbocycles. The second-order valence-corrected chi connectivity index (χ2v) is 7.64. The number of thioether (sulfide) groups is 1. The molecule has 4 nitrogen and oxygen atoms in total. The number of nitrogens with zero attached hydrogens (tertiary/aromatic N) is 1. The lowest BCUT2D eigenvalue weighted by Gasteiger charge is -2.16. The van der Waals surface area contributed by atoms with Gasteiger partial charge in [-0.15, -0.1) is 0 Å². The first-order valence-electron chi connectivity index (χ1n) is 7.88. The molecule has 1 heterocycles. The van der Waals surface area contributed by atoms with Crippen LogP contribution in [0.2, 0.25) is 10.0 Å². The second kappa shape index (κ2) is 7.74. The molecule has 2 aromatic rings. The van der Waals surface area contributed by atoms with Crippen LogP contribution in [0, 0.1) is 13.8 Å². The fourth-order valence-corrected chi connectivity index (χ4v) is 3.85. The summed E-state index contributed by atoms with van der Waals surface area (Å²) in [6.45, 7) is 4.10. The lowest BCUT2D eigenvalue weighted by atomic mass is 10.1. The predicted molar refractivity (Wildman–Crippen MR) is 109 cm³/mol. The molecule has 26 heavy (non-hydrogen) atoms. The van der Waals surface area contributed by atoms with Gasteiger partial charge in [0.25, 0.3) is 11.1 Å². The van der Waals surface area contributed by atoms with Gasteiger partial charge in [0.15, 0.2) is 0 Å². The molecule has 0 atom stereocenters. The highest BCUT2D eigenvalue weighted by Crippen LogP contribution is 2.35. The van der Waals surface area contributed by atoms with Gasteiger partial charge >= 0.3 is 0 Å². The molecule has 1 aliphatic heterocycles. The second-order valence-electron chi connectivity index (χ2n) is 5.83. The van der Waals surface area contributed by atoms with Crippen LogP contribution in [0.1, 0.15) is 16.7 Å². The van der Waals surface area contributed by atoms with Crippen LogP contribution in [0.4, 0.5) is 10.5 Å². The molecule has 2 amide bonds. The molecule has 0 spiro atoms. The van der Waals surface area contributed by atoms with E-state index in [-0.39, 0.29) is 17.8 Å². The van der Waals surface area contributed by atoms with Crippen molar-refractivity contribution >= 4 is 57.9 Å². The van der Waals surface area contributed by atoms with E-state index in [1.54, 1.807) is 24.3 Å². The van der Waals surface area contributed by atoms with Crippen LogP contribution >= 0.6 is 35.0 Å². The maximum atomic E-state index is 12.6. The fourth-order valence-electron chi connectivity index (χ4n) is 2.52. The van der Waals surface area contributed by atoms with E-state index in [9.17, 15) is 9.59 Å². The molecular weight excluding hydrogens is 391 g/mol. The average molecular weight is 407 g/mol. The number of rotatable bonds is 4. The van der Waals surface area contributed by atoms with Crippen LogP contribution in [0.25, 0.3) is 6.08 Å². The summed E-state index contributed by atoms with van der Waals surface area (Å²) in [7, 11) is 0. The summed E-state index contributed by atoms with van der Waals surface area (Å²) >= 11 is 13.2. The fraction of sp³-hybridized carbons (Fsp3) is 0.158. The maximum absolute atomic E-state index is 12.6. The summed E-state index contributed by atoms with van der Waals surface area (Å²) in [6.07, 6.45) is 1.56. The third-order valence-corrected chi connectivity index (χ3v) is 5.75. The van der Waals surface area contributed by atoms with E-state index in [0.717, 1.165) is 28.6 Å². The molecular formula is C19H16Cl2N2O2S. The smallest absolute Gasteiger partial charge is 0.295 e. The molecule has 1 aliphatic rings. The van der Waals surface area contributed by atoms with E-state index >= 15 is 0 Å². The lowest BCUT2D eigenvalue weighted by Crippen LogP contribution is -2.33. The average Bonchev–Trinajstić information content (AvgIpc) is 2.86. The van der Waals surface area contributed by atoms with Gasteiger partial charge in [0, 0.05) is 21.3 Å². The van der Waals surface area contributed by atoms with Crippen LogP contribution < -0.4 is 5.32 Å². The summed E-state index contributed by atoms with van der Waals surface area (Å²) in [5, 5.41) is 3.68. The first-order chi connectivity index (χ1) is 12.4. The van der Waals surface area contributed by atoms with E-state index in [2.05, 4.69) is 5.32 Å². The molecule has 134 valence electrons. The van der Waals surface area contributed by atoms with Gasteiger partial charge in [-0.05, 0) is 61.0 Å². The van der Waals surface area contributed by atoms with Crippen molar-refractivity contribution in [3.63, 3.8) is 0 Å². The third-order valence-electron chi connectivity index (χ3n) is 4.18. The zero-order valence-electron chi connectivity index (χ0n) is 14.2. The number of halogens is 2. The van der Waals surface area contributed by atoms with E-state index in [4.69, 9.17) is 23.2 Å². The van der Waals surface area contributed by atoms with Crippen LogP contribution in [0.3, 0.4) is 0 Å². The molecule has 0 bridgehead atoms. The Kier molecular flexibility index (Phi) is 5.61. The monoisotopic (exact) mass is 406 g/mol. The van der Waals surface area contributed by atoms with Crippen molar-refractivity contribution in [2.75, 3.05) is 12.0 Å². The number of aryl methyl sites for hydroxylation is 1. The number of hydrogen-bond donors (Lipinski definition) is 1. The van der Waals surface area contributed by atoms with Crippen LogP contribution in [0.5, 0.6) is 0 Å². The molecule has 0 radical (unpaired) electrons. The van der Waals surface area contributed by atoms with Crippen molar-refractivity contribution in [2.45, 2.75) is 13.8 Å². The Labute approximate surface area is 166 Å². The first-order valence-corrected chi connectivity index (χ1v) is 9.45. The minimum absolute atomic E-state index is 0.0998. The topological polar surface area (TPSA) is 49.4 Å². The van der Waals surface area contributed by atoms with E-state index in [1.807, 2.05) is 32.0 Å². The van der Waals surface area contributed by atoms with E-state index < -0.39 is 0 Å². The summed E-state index contributed by atoms with van der Waals surface area (Å²) < 4.78 is 0. The van der Waals surface area contributed by atoms with Crippen molar-refractivity contribution in [3.05, 3.63) is 68.0 Å². The Morgan fingerprint density at radius 2 is 1.73 bits per heavy atom. The van der Waals surface area contributed by atoms with Crippen LogP contribution in [-0.2, 0) is 4.79 Å². The molecule has 1 fully saturated rings. The number of amides is 2. The highest BCUT2D eigenvalue weighted by atomic mass is 35.5. The first kappa shape index (κ1) is 18.8. The highest BCUT2D eigenvalue weighted by molar-refractivity contribution is 8.18. The van der Waals surface area contributed by atoms with E-state index in [0.29, 0.717) is 20.5 Å². The summed E-state index contributed by atoms with van der Waals surface area (Å²) in [5.74, 6) is -0.367. The van der Waals surface area contributed by atoms with Crippen LogP contribution in [-0.4, -0.2) is 22.7 Å². The quantitative estimate of drug-likeness (QED) is 0.659. The van der Waals surface area contributed by atoms with Gasteiger partial charge in [-0.25, -0.2) is 0 Å².